The van der Waals surface area contributed by atoms with Crippen molar-refractivity contribution in [2.75, 3.05) is 26.2 Å². The molecule has 2 aliphatic rings. The molecule has 1 amide bonds. The van der Waals surface area contributed by atoms with Crippen molar-refractivity contribution in [3.8, 4) is 0 Å². The van der Waals surface area contributed by atoms with E-state index in [2.05, 4.69) is 5.32 Å². The summed E-state index contributed by atoms with van der Waals surface area (Å²) in [6.45, 7) is 3.49. The van der Waals surface area contributed by atoms with E-state index in [0.717, 1.165) is 45.5 Å². The summed E-state index contributed by atoms with van der Waals surface area (Å²) in [7, 11) is 0. The maximum Gasteiger partial charge on any atom is 0.210 e. The lowest BCUT2D eigenvalue weighted by atomic mass is 9.97. The number of carbonyl (C=O) groups excluding carboxylic acids is 1. The highest BCUT2D eigenvalue weighted by Crippen LogP contribution is 2.20. The maximum absolute atomic E-state index is 10.9. The Labute approximate surface area is 84.6 Å². The van der Waals surface area contributed by atoms with E-state index >= 15 is 0 Å². The summed E-state index contributed by atoms with van der Waals surface area (Å²) in [5, 5.41) is 3.31. The summed E-state index contributed by atoms with van der Waals surface area (Å²) in [6.07, 6.45) is 4.62. The van der Waals surface area contributed by atoms with E-state index < -0.39 is 0 Å². The fourth-order valence-electron chi connectivity index (χ4n) is 2.34. The van der Waals surface area contributed by atoms with E-state index in [9.17, 15) is 4.79 Å². The summed E-state index contributed by atoms with van der Waals surface area (Å²) < 4.78 is 5.69. The van der Waals surface area contributed by atoms with Crippen molar-refractivity contribution in [3.63, 3.8) is 0 Å². The number of carbonyl (C=O) groups is 1. The summed E-state index contributed by atoms with van der Waals surface area (Å²) in [6, 6.07) is 0.300. The SMILES string of the molecule is O=CN1CCCCC1C1CNCCO1. The number of piperidine rings is 1. The third kappa shape index (κ3) is 2.07. The zero-order valence-corrected chi connectivity index (χ0v) is 8.45. The number of likely N-dealkylation sites (tertiary alicyclic amines) is 1. The molecule has 14 heavy (non-hydrogen) atoms. The first-order valence-electron chi connectivity index (χ1n) is 5.45. The zero-order chi connectivity index (χ0) is 9.80. The van der Waals surface area contributed by atoms with Gasteiger partial charge in [-0.1, -0.05) is 0 Å². The van der Waals surface area contributed by atoms with Crippen LogP contribution in [0.25, 0.3) is 0 Å². The van der Waals surface area contributed by atoms with Crippen molar-refractivity contribution in [1.29, 1.82) is 0 Å². The van der Waals surface area contributed by atoms with Crippen LogP contribution in [-0.2, 0) is 9.53 Å². The summed E-state index contributed by atoms with van der Waals surface area (Å²) in [4.78, 5) is 12.8. The monoisotopic (exact) mass is 198 g/mol. The second-order valence-electron chi connectivity index (χ2n) is 4.02. The predicted octanol–water partition coefficient (Wildman–Crippen LogP) is -0.0143. The quantitative estimate of drug-likeness (QED) is 0.634. The average Bonchev–Trinajstić information content (AvgIpc) is 2.30. The normalized spacial score (nSPS) is 34.1. The number of amides is 1. The van der Waals surface area contributed by atoms with Gasteiger partial charge in [-0.3, -0.25) is 4.79 Å². The molecule has 4 nitrogen and oxygen atoms in total. The van der Waals surface area contributed by atoms with Gasteiger partial charge in [0.25, 0.3) is 0 Å². The van der Waals surface area contributed by atoms with Crippen LogP contribution >= 0.6 is 0 Å². The zero-order valence-electron chi connectivity index (χ0n) is 8.45. The molecule has 80 valence electrons. The lowest BCUT2D eigenvalue weighted by Crippen LogP contribution is -2.53. The van der Waals surface area contributed by atoms with E-state index in [1.165, 1.54) is 6.42 Å². The second kappa shape index (κ2) is 4.75. The molecule has 2 fully saturated rings. The van der Waals surface area contributed by atoms with Crippen molar-refractivity contribution in [1.82, 2.24) is 10.2 Å². The molecule has 2 aliphatic heterocycles. The fraction of sp³-hybridized carbons (Fsp3) is 0.900. The highest BCUT2D eigenvalue weighted by molar-refractivity contribution is 5.48. The van der Waals surface area contributed by atoms with Gasteiger partial charge in [-0.15, -0.1) is 0 Å². The molecule has 2 heterocycles. The van der Waals surface area contributed by atoms with Gasteiger partial charge in [-0.05, 0) is 19.3 Å². The molecule has 0 aromatic rings. The van der Waals surface area contributed by atoms with Crippen molar-refractivity contribution < 1.29 is 9.53 Å². The van der Waals surface area contributed by atoms with Gasteiger partial charge in [0.2, 0.25) is 6.41 Å². The maximum atomic E-state index is 10.9. The van der Waals surface area contributed by atoms with Crippen LogP contribution < -0.4 is 5.32 Å². The summed E-state index contributed by atoms with van der Waals surface area (Å²) in [5.74, 6) is 0. The molecule has 2 atom stereocenters. The minimum absolute atomic E-state index is 0.203. The molecular weight excluding hydrogens is 180 g/mol. The fourth-order valence-corrected chi connectivity index (χ4v) is 2.34. The largest absolute Gasteiger partial charge is 0.373 e. The number of hydrogen-bond acceptors (Lipinski definition) is 3. The molecule has 0 bridgehead atoms. The molecule has 2 saturated heterocycles. The number of rotatable bonds is 2. The van der Waals surface area contributed by atoms with Crippen molar-refractivity contribution >= 4 is 6.41 Å². The Morgan fingerprint density at radius 3 is 3.07 bits per heavy atom. The van der Waals surface area contributed by atoms with E-state index in [1.807, 2.05) is 4.90 Å². The number of ether oxygens (including phenoxy) is 1. The second-order valence-corrected chi connectivity index (χ2v) is 4.02. The van der Waals surface area contributed by atoms with Crippen LogP contribution in [0.5, 0.6) is 0 Å². The first-order chi connectivity index (χ1) is 6.92. The predicted molar refractivity (Wildman–Crippen MR) is 53.0 cm³/mol. The van der Waals surface area contributed by atoms with E-state index in [-0.39, 0.29) is 6.10 Å². The van der Waals surface area contributed by atoms with E-state index in [1.54, 1.807) is 0 Å². The van der Waals surface area contributed by atoms with Crippen LogP contribution in [0.1, 0.15) is 19.3 Å². The number of nitrogens with zero attached hydrogens (tertiary/aromatic N) is 1. The molecule has 0 saturated carbocycles. The van der Waals surface area contributed by atoms with Gasteiger partial charge in [0.15, 0.2) is 0 Å². The molecule has 0 radical (unpaired) electrons. The standard InChI is InChI=1S/C10H18N2O2/c13-8-12-5-2-1-3-9(12)10-7-11-4-6-14-10/h8-11H,1-7H2. The number of morpholine rings is 1. The molecule has 0 aliphatic carbocycles. The lowest BCUT2D eigenvalue weighted by Gasteiger charge is -2.39. The average molecular weight is 198 g/mol. The van der Waals surface area contributed by atoms with Crippen molar-refractivity contribution in [2.45, 2.75) is 31.4 Å². The van der Waals surface area contributed by atoms with Crippen LogP contribution in [0, 0.1) is 0 Å². The Kier molecular flexibility index (Phi) is 3.37. The lowest BCUT2D eigenvalue weighted by molar-refractivity contribution is -0.126. The Morgan fingerprint density at radius 2 is 2.36 bits per heavy atom. The smallest absolute Gasteiger partial charge is 0.210 e. The molecular formula is C10H18N2O2. The van der Waals surface area contributed by atoms with Gasteiger partial charge in [-0.25, -0.2) is 0 Å². The molecule has 1 N–H and O–H groups in total. The Hall–Kier alpha value is -0.610. The Morgan fingerprint density at radius 1 is 1.43 bits per heavy atom. The molecule has 4 heteroatoms. The van der Waals surface area contributed by atoms with E-state index in [0.29, 0.717) is 6.04 Å². The van der Waals surface area contributed by atoms with Gasteiger partial charge in [-0.2, -0.15) is 0 Å². The minimum atomic E-state index is 0.203. The van der Waals surface area contributed by atoms with Crippen molar-refractivity contribution in [3.05, 3.63) is 0 Å². The van der Waals surface area contributed by atoms with Crippen LogP contribution in [0.4, 0.5) is 0 Å². The number of nitrogens with one attached hydrogen (secondary N) is 1. The Bertz CT molecular complexity index is 193. The summed E-state index contributed by atoms with van der Waals surface area (Å²) in [5.41, 5.74) is 0. The third-order valence-electron chi connectivity index (χ3n) is 3.11. The minimum Gasteiger partial charge on any atom is -0.373 e. The molecule has 0 aromatic heterocycles. The first kappa shape index (κ1) is 9.93. The first-order valence-corrected chi connectivity index (χ1v) is 5.45. The topological polar surface area (TPSA) is 41.6 Å². The van der Waals surface area contributed by atoms with Gasteiger partial charge in [0.05, 0.1) is 18.8 Å². The molecule has 2 unspecified atom stereocenters. The van der Waals surface area contributed by atoms with E-state index in [4.69, 9.17) is 4.74 Å². The van der Waals surface area contributed by atoms with Gasteiger partial charge < -0.3 is 15.0 Å². The third-order valence-corrected chi connectivity index (χ3v) is 3.11. The van der Waals surface area contributed by atoms with Crippen LogP contribution in [-0.4, -0.2) is 49.7 Å². The molecule has 0 aromatic carbocycles. The summed E-state index contributed by atoms with van der Waals surface area (Å²) >= 11 is 0. The Balaban J connectivity index is 1.94. The van der Waals surface area contributed by atoms with Crippen LogP contribution in [0.3, 0.4) is 0 Å². The van der Waals surface area contributed by atoms with Gasteiger partial charge >= 0.3 is 0 Å². The van der Waals surface area contributed by atoms with Crippen molar-refractivity contribution in [2.24, 2.45) is 0 Å². The van der Waals surface area contributed by atoms with Crippen LogP contribution in [0.15, 0.2) is 0 Å². The highest BCUT2D eigenvalue weighted by atomic mass is 16.5. The molecule has 2 rings (SSSR count). The van der Waals surface area contributed by atoms with Crippen LogP contribution in [0.2, 0.25) is 0 Å². The molecule has 0 spiro atoms. The highest BCUT2D eigenvalue weighted by Gasteiger charge is 2.30. The number of hydrogen-bond donors (Lipinski definition) is 1. The van der Waals surface area contributed by atoms with Gasteiger partial charge in [0, 0.05) is 19.6 Å². The van der Waals surface area contributed by atoms with Gasteiger partial charge in [0.1, 0.15) is 0 Å².